The number of ether oxygens (including phenoxy) is 2. The van der Waals surface area contributed by atoms with Crippen molar-refractivity contribution in [2.75, 3.05) is 24.8 Å². The molecule has 1 saturated heterocycles. The van der Waals surface area contributed by atoms with Crippen LogP contribution >= 0.6 is 11.8 Å². The number of aryl methyl sites for hydroxylation is 1. The summed E-state index contributed by atoms with van der Waals surface area (Å²) in [7, 11) is 1.58. The van der Waals surface area contributed by atoms with E-state index in [0.29, 0.717) is 11.4 Å². The van der Waals surface area contributed by atoms with Gasteiger partial charge in [0.15, 0.2) is 5.16 Å². The Morgan fingerprint density at radius 3 is 3.04 bits per heavy atom. The number of hydrogen-bond donors (Lipinski definition) is 1. The SMILES string of the molecule is COc1ccccc1NC(=O)CSc1nnc(C)n1C[C@H]1CCCO1. The molecule has 7 nitrogen and oxygen atoms in total. The van der Waals surface area contributed by atoms with Crippen LogP contribution in [0.15, 0.2) is 29.4 Å². The summed E-state index contributed by atoms with van der Waals surface area (Å²) < 4.78 is 13.0. The normalized spacial score (nSPS) is 16.8. The summed E-state index contributed by atoms with van der Waals surface area (Å²) in [6, 6.07) is 7.34. The maximum Gasteiger partial charge on any atom is 0.234 e. The highest BCUT2D eigenvalue weighted by molar-refractivity contribution is 7.99. The average Bonchev–Trinajstić information content (AvgIpc) is 3.25. The number of anilines is 1. The Bertz CT molecular complexity index is 728. The lowest BCUT2D eigenvalue weighted by atomic mass is 10.2. The summed E-state index contributed by atoms with van der Waals surface area (Å²) in [5.41, 5.74) is 0.660. The van der Waals surface area contributed by atoms with Gasteiger partial charge in [-0.3, -0.25) is 4.79 Å². The lowest BCUT2D eigenvalue weighted by molar-refractivity contribution is -0.113. The summed E-state index contributed by atoms with van der Waals surface area (Å²) >= 11 is 1.37. The van der Waals surface area contributed by atoms with Crippen LogP contribution in [0, 0.1) is 6.92 Å². The van der Waals surface area contributed by atoms with Gasteiger partial charge >= 0.3 is 0 Å². The Morgan fingerprint density at radius 2 is 2.28 bits per heavy atom. The molecule has 1 atom stereocenters. The topological polar surface area (TPSA) is 78.3 Å². The zero-order chi connectivity index (χ0) is 17.6. The fraction of sp³-hybridized carbons (Fsp3) is 0.471. The Balaban J connectivity index is 1.58. The fourth-order valence-electron chi connectivity index (χ4n) is 2.73. The first-order valence-corrected chi connectivity index (χ1v) is 9.23. The largest absolute Gasteiger partial charge is 0.495 e. The van der Waals surface area contributed by atoms with E-state index in [-0.39, 0.29) is 17.8 Å². The van der Waals surface area contributed by atoms with Crippen LogP contribution in [0.3, 0.4) is 0 Å². The van der Waals surface area contributed by atoms with Gasteiger partial charge in [-0.2, -0.15) is 0 Å². The molecule has 2 aromatic rings. The first kappa shape index (κ1) is 17.8. The summed E-state index contributed by atoms with van der Waals surface area (Å²) in [5, 5.41) is 11.9. The third kappa shape index (κ3) is 4.52. The highest BCUT2D eigenvalue weighted by atomic mass is 32.2. The van der Waals surface area contributed by atoms with Crippen LogP contribution in [0.25, 0.3) is 0 Å². The Morgan fingerprint density at radius 1 is 1.44 bits per heavy atom. The standard InChI is InChI=1S/C17H22N4O3S/c1-12-19-20-17(21(12)10-13-6-5-9-24-13)25-11-16(22)18-14-7-3-4-8-15(14)23-2/h3-4,7-8,13H,5-6,9-11H2,1-2H3,(H,18,22)/t13-/m1/s1. The van der Waals surface area contributed by atoms with E-state index in [0.717, 1.165) is 37.0 Å². The van der Waals surface area contributed by atoms with Gasteiger partial charge in [0.2, 0.25) is 5.91 Å². The second-order valence-corrected chi connectivity index (χ2v) is 6.76. The summed E-state index contributed by atoms with van der Waals surface area (Å²) in [6.45, 7) is 3.46. The fourth-order valence-corrected chi connectivity index (χ4v) is 3.53. The van der Waals surface area contributed by atoms with E-state index in [4.69, 9.17) is 9.47 Å². The molecule has 1 fully saturated rings. The van der Waals surface area contributed by atoms with Gasteiger partial charge in [-0.05, 0) is 31.9 Å². The van der Waals surface area contributed by atoms with Gasteiger partial charge in [-0.1, -0.05) is 23.9 Å². The van der Waals surface area contributed by atoms with Crippen LogP contribution in [0.4, 0.5) is 5.69 Å². The number of rotatable bonds is 7. The molecule has 0 radical (unpaired) electrons. The molecule has 3 rings (SSSR count). The van der Waals surface area contributed by atoms with Crippen molar-refractivity contribution in [3.63, 3.8) is 0 Å². The highest BCUT2D eigenvalue weighted by Gasteiger charge is 2.20. The zero-order valence-corrected chi connectivity index (χ0v) is 15.2. The molecular formula is C17H22N4O3S. The summed E-state index contributed by atoms with van der Waals surface area (Å²) in [4.78, 5) is 12.2. The number of methoxy groups -OCH3 is 1. The maximum absolute atomic E-state index is 12.2. The van der Waals surface area contributed by atoms with Gasteiger partial charge in [0.1, 0.15) is 11.6 Å². The van der Waals surface area contributed by atoms with Gasteiger partial charge in [0, 0.05) is 6.61 Å². The zero-order valence-electron chi connectivity index (χ0n) is 14.4. The van der Waals surface area contributed by atoms with Gasteiger partial charge in [0.05, 0.1) is 31.2 Å². The molecule has 2 heterocycles. The van der Waals surface area contributed by atoms with Crippen molar-refractivity contribution in [3.8, 4) is 5.75 Å². The number of amides is 1. The van der Waals surface area contributed by atoms with Crippen LogP contribution < -0.4 is 10.1 Å². The van der Waals surface area contributed by atoms with Crippen molar-refractivity contribution in [1.29, 1.82) is 0 Å². The number of benzene rings is 1. The molecule has 0 saturated carbocycles. The van der Waals surface area contributed by atoms with Gasteiger partial charge in [-0.15, -0.1) is 10.2 Å². The highest BCUT2D eigenvalue weighted by Crippen LogP contribution is 2.24. The number of carbonyl (C=O) groups is 1. The first-order chi connectivity index (χ1) is 12.2. The van der Waals surface area contributed by atoms with Gasteiger partial charge in [0.25, 0.3) is 0 Å². The van der Waals surface area contributed by atoms with E-state index in [2.05, 4.69) is 15.5 Å². The van der Waals surface area contributed by atoms with Crippen LogP contribution in [0.2, 0.25) is 0 Å². The number of carbonyl (C=O) groups excluding carboxylic acids is 1. The number of thioether (sulfide) groups is 1. The summed E-state index contributed by atoms with van der Waals surface area (Å²) in [6.07, 6.45) is 2.35. The molecule has 8 heteroatoms. The third-order valence-electron chi connectivity index (χ3n) is 4.03. The third-order valence-corrected chi connectivity index (χ3v) is 4.99. The van der Waals surface area contributed by atoms with Crippen LogP contribution in [0.1, 0.15) is 18.7 Å². The molecule has 0 unspecified atom stereocenters. The second kappa shape index (κ2) is 8.35. The van der Waals surface area contributed by atoms with E-state index >= 15 is 0 Å². The second-order valence-electron chi connectivity index (χ2n) is 5.81. The Labute approximate surface area is 151 Å². The van der Waals surface area contributed by atoms with Crippen molar-refractivity contribution in [3.05, 3.63) is 30.1 Å². The van der Waals surface area contributed by atoms with Crippen LogP contribution in [0.5, 0.6) is 5.75 Å². The minimum atomic E-state index is -0.112. The van der Waals surface area contributed by atoms with Gasteiger partial charge in [-0.25, -0.2) is 0 Å². The minimum Gasteiger partial charge on any atom is -0.495 e. The molecule has 1 amide bonds. The van der Waals surface area contributed by atoms with E-state index in [9.17, 15) is 4.79 Å². The smallest absolute Gasteiger partial charge is 0.234 e. The van der Waals surface area contributed by atoms with Crippen molar-refractivity contribution in [1.82, 2.24) is 14.8 Å². The molecule has 1 aliphatic heterocycles. The number of para-hydroxylation sites is 2. The predicted octanol–water partition coefficient (Wildman–Crippen LogP) is 2.50. The first-order valence-electron chi connectivity index (χ1n) is 8.24. The monoisotopic (exact) mass is 362 g/mol. The van der Waals surface area contributed by atoms with E-state index < -0.39 is 0 Å². The predicted molar refractivity (Wildman–Crippen MR) is 96.1 cm³/mol. The van der Waals surface area contributed by atoms with Crippen molar-refractivity contribution < 1.29 is 14.3 Å². The van der Waals surface area contributed by atoms with Crippen molar-refractivity contribution >= 4 is 23.4 Å². The molecule has 0 spiro atoms. The number of hydrogen-bond acceptors (Lipinski definition) is 6. The molecule has 25 heavy (non-hydrogen) atoms. The molecule has 0 bridgehead atoms. The number of nitrogens with one attached hydrogen (secondary N) is 1. The van der Waals surface area contributed by atoms with E-state index in [1.54, 1.807) is 7.11 Å². The van der Waals surface area contributed by atoms with Crippen molar-refractivity contribution in [2.45, 2.75) is 37.6 Å². The van der Waals surface area contributed by atoms with E-state index in [1.165, 1.54) is 11.8 Å². The lowest BCUT2D eigenvalue weighted by Gasteiger charge is -2.13. The Hall–Kier alpha value is -2.06. The molecule has 1 aromatic heterocycles. The molecule has 134 valence electrons. The molecular weight excluding hydrogens is 340 g/mol. The Kier molecular flexibility index (Phi) is 5.93. The molecule has 1 aliphatic rings. The van der Waals surface area contributed by atoms with Gasteiger partial charge < -0.3 is 19.4 Å². The quantitative estimate of drug-likeness (QED) is 0.763. The molecule has 1 aromatic carbocycles. The lowest BCUT2D eigenvalue weighted by Crippen LogP contribution is -2.18. The minimum absolute atomic E-state index is 0.112. The van der Waals surface area contributed by atoms with Crippen LogP contribution in [-0.4, -0.2) is 46.2 Å². The summed E-state index contributed by atoms with van der Waals surface area (Å²) in [5.74, 6) is 1.61. The maximum atomic E-state index is 12.2. The van der Waals surface area contributed by atoms with E-state index in [1.807, 2.05) is 35.8 Å². The number of aromatic nitrogens is 3. The average molecular weight is 362 g/mol. The molecule has 0 aliphatic carbocycles. The van der Waals surface area contributed by atoms with Crippen molar-refractivity contribution in [2.24, 2.45) is 0 Å². The molecule has 1 N–H and O–H groups in total. The number of nitrogens with zero attached hydrogens (tertiary/aromatic N) is 3. The van der Waals surface area contributed by atoms with Crippen LogP contribution in [-0.2, 0) is 16.1 Å².